The maximum absolute atomic E-state index is 13.1. The fourth-order valence-electron chi connectivity index (χ4n) is 4.30. The Labute approximate surface area is 219 Å². The molecule has 4 rings (SSSR count). The smallest absolute Gasteiger partial charge is 0.251 e. The Bertz CT molecular complexity index is 1350. The van der Waals surface area contributed by atoms with Gasteiger partial charge in [0.2, 0.25) is 0 Å². The number of amides is 1. The number of hydrogen-bond donors (Lipinski definition) is 2. The first-order valence-electron chi connectivity index (χ1n) is 12.5. The van der Waals surface area contributed by atoms with Crippen LogP contribution in [0.5, 0.6) is 0 Å². The van der Waals surface area contributed by atoms with E-state index in [1.165, 1.54) is 5.56 Å². The highest BCUT2D eigenvalue weighted by atomic mass is 16.3. The molecule has 1 atom stereocenters. The Morgan fingerprint density at radius 2 is 1.30 bits per heavy atom. The van der Waals surface area contributed by atoms with Gasteiger partial charge >= 0.3 is 0 Å². The summed E-state index contributed by atoms with van der Waals surface area (Å²) in [5.74, 6) is -0.768. The van der Waals surface area contributed by atoms with Crippen molar-refractivity contribution < 1.29 is 14.7 Å². The Morgan fingerprint density at radius 3 is 1.92 bits per heavy atom. The van der Waals surface area contributed by atoms with Crippen molar-refractivity contribution in [3.63, 3.8) is 0 Å². The second-order valence-corrected chi connectivity index (χ2v) is 10.3. The van der Waals surface area contributed by atoms with E-state index < -0.39 is 18.4 Å². The first kappa shape index (κ1) is 26.1. The summed E-state index contributed by atoms with van der Waals surface area (Å²) in [4.78, 5) is 25.6. The first-order chi connectivity index (χ1) is 17.7. The van der Waals surface area contributed by atoms with Crippen molar-refractivity contribution >= 4 is 11.7 Å². The molecule has 37 heavy (non-hydrogen) atoms. The van der Waals surface area contributed by atoms with Crippen molar-refractivity contribution in [3.8, 4) is 22.3 Å². The van der Waals surface area contributed by atoms with E-state index in [-0.39, 0.29) is 11.3 Å². The number of hydrogen-bond acceptors (Lipinski definition) is 3. The molecule has 0 fully saturated rings. The highest BCUT2D eigenvalue weighted by molar-refractivity contribution is 5.99. The van der Waals surface area contributed by atoms with Crippen LogP contribution in [0.1, 0.15) is 42.3 Å². The van der Waals surface area contributed by atoms with Gasteiger partial charge in [0, 0.05) is 5.56 Å². The van der Waals surface area contributed by atoms with Gasteiger partial charge in [-0.05, 0) is 57.3 Å². The molecular weight excluding hydrogens is 458 g/mol. The van der Waals surface area contributed by atoms with Crippen LogP contribution in [-0.2, 0) is 16.6 Å². The highest BCUT2D eigenvalue weighted by Gasteiger charge is 2.22. The van der Waals surface area contributed by atoms with Gasteiger partial charge in [-0.1, -0.05) is 112 Å². The van der Waals surface area contributed by atoms with Crippen LogP contribution >= 0.6 is 0 Å². The number of rotatable bonds is 8. The first-order valence-corrected chi connectivity index (χ1v) is 12.5. The summed E-state index contributed by atoms with van der Waals surface area (Å²) in [6, 6.07) is 32.8. The summed E-state index contributed by atoms with van der Waals surface area (Å²) in [6.45, 7) is 5.89. The molecular formula is C33H33NO3. The third-order valence-electron chi connectivity index (χ3n) is 6.56. The Hall–Kier alpha value is -4.02. The molecule has 0 aromatic heterocycles. The van der Waals surface area contributed by atoms with Crippen LogP contribution in [-0.4, -0.2) is 29.4 Å². The molecule has 0 bridgehead atoms. The summed E-state index contributed by atoms with van der Waals surface area (Å²) >= 11 is 0. The van der Waals surface area contributed by atoms with Crippen LogP contribution in [0.2, 0.25) is 0 Å². The maximum atomic E-state index is 13.1. The van der Waals surface area contributed by atoms with Crippen LogP contribution < -0.4 is 5.32 Å². The van der Waals surface area contributed by atoms with Gasteiger partial charge in [-0.15, -0.1) is 0 Å². The summed E-state index contributed by atoms with van der Waals surface area (Å²) < 4.78 is 0. The largest absolute Gasteiger partial charge is 0.389 e. The van der Waals surface area contributed by atoms with Crippen molar-refractivity contribution in [1.29, 1.82) is 0 Å². The van der Waals surface area contributed by atoms with E-state index in [4.69, 9.17) is 0 Å². The summed E-state index contributed by atoms with van der Waals surface area (Å²) in [5, 5.41) is 12.4. The molecule has 0 heterocycles. The van der Waals surface area contributed by atoms with Crippen molar-refractivity contribution in [2.24, 2.45) is 0 Å². The lowest BCUT2D eigenvalue weighted by Crippen LogP contribution is -2.43. The molecule has 4 aromatic carbocycles. The van der Waals surface area contributed by atoms with Crippen molar-refractivity contribution in [3.05, 3.63) is 120 Å². The van der Waals surface area contributed by atoms with Crippen LogP contribution in [0, 0.1) is 0 Å². The molecule has 0 radical (unpaired) electrons. The predicted molar refractivity (Wildman–Crippen MR) is 150 cm³/mol. The van der Waals surface area contributed by atoms with E-state index in [1.807, 2.05) is 72.8 Å². The summed E-state index contributed by atoms with van der Waals surface area (Å²) in [6.07, 6.45) is 0.300. The molecule has 0 spiro atoms. The SMILES string of the molecule is CC(C)(C)c1ccc(-c2cccc(C(=O)N[C@@H](Cc3ccc(-c4ccccc4)cc3)C(=O)CO)c2)cc1. The van der Waals surface area contributed by atoms with Gasteiger partial charge in [-0.25, -0.2) is 0 Å². The van der Waals surface area contributed by atoms with Gasteiger partial charge in [-0.3, -0.25) is 9.59 Å². The van der Waals surface area contributed by atoms with E-state index >= 15 is 0 Å². The number of ketones is 1. The van der Waals surface area contributed by atoms with Crippen molar-refractivity contribution in [2.75, 3.05) is 6.61 Å². The molecule has 4 nitrogen and oxygen atoms in total. The molecule has 0 saturated carbocycles. The molecule has 188 valence electrons. The molecule has 0 saturated heterocycles. The molecule has 0 aliphatic rings. The predicted octanol–water partition coefficient (Wildman–Crippen LogP) is 6.22. The fourth-order valence-corrected chi connectivity index (χ4v) is 4.30. The lowest BCUT2D eigenvalue weighted by atomic mass is 9.86. The number of aliphatic hydroxyl groups is 1. The lowest BCUT2D eigenvalue weighted by Gasteiger charge is -2.19. The number of Topliss-reactive ketones (excluding diaryl/α,β-unsaturated/α-hetero) is 1. The van der Waals surface area contributed by atoms with Gasteiger partial charge in [0.05, 0.1) is 6.04 Å². The maximum Gasteiger partial charge on any atom is 0.251 e. The second kappa shape index (κ2) is 11.4. The molecule has 0 unspecified atom stereocenters. The van der Waals surface area contributed by atoms with Crippen LogP contribution in [0.4, 0.5) is 0 Å². The van der Waals surface area contributed by atoms with E-state index in [2.05, 4.69) is 50.4 Å². The summed E-state index contributed by atoms with van der Waals surface area (Å²) in [7, 11) is 0. The van der Waals surface area contributed by atoms with Gasteiger partial charge in [-0.2, -0.15) is 0 Å². The number of aliphatic hydroxyl groups excluding tert-OH is 1. The van der Waals surface area contributed by atoms with Crippen LogP contribution in [0.25, 0.3) is 22.3 Å². The van der Waals surface area contributed by atoms with Crippen LogP contribution in [0.3, 0.4) is 0 Å². The number of nitrogens with one attached hydrogen (secondary N) is 1. The third kappa shape index (κ3) is 6.60. The van der Waals surface area contributed by atoms with E-state index in [1.54, 1.807) is 6.07 Å². The number of carbonyl (C=O) groups is 2. The summed E-state index contributed by atoms with van der Waals surface area (Å²) in [5.41, 5.74) is 6.80. The quantitative estimate of drug-likeness (QED) is 0.307. The van der Waals surface area contributed by atoms with Crippen molar-refractivity contribution in [2.45, 2.75) is 38.6 Å². The zero-order chi connectivity index (χ0) is 26.4. The average Bonchev–Trinajstić information content (AvgIpc) is 2.92. The molecule has 2 N–H and O–H groups in total. The minimum atomic E-state index is -0.824. The number of benzene rings is 4. The van der Waals surface area contributed by atoms with E-state index in [0.29, 0.717) is 12.0 Å². The lowest BCUT2D eigenvalue weighted by molar-refractivity contribution is -0.123. The van der Waals surface area contributed by atoms with Gasteiger partial charge in [0.25, 0.3) is 5.91 Å². The molecule has 1 amide bonds. The molecule has 4 aromatic rings. The monoisotopic (exact) mass is 491 g/mol. The van der Waals surface area contributed by atoms with E-state index in [0.717, 1.165) is 27.8 Å². The average molecular weight is 492 g/mol. The Balaban J connectivity index is 1.49. The van der Waals surface area contributed by atoms with Crippen molar-refractivity contribution in [1.82, 2.24) is 5.32 Å². The zero-order valence-corrected chi connectivity index (χ0v) is 21.6. The Morgan fingerprint density at radius 1 is 0.730 bits per heavy atom. The zero-order valence-electron chi connectivity index (χ0n) is 21.6. The minimum absolute atomic E-state index is 0.0659. The minimum Gasteiger partial charge on any atom is -0.389 e. The molecule has 0 aliphatic heterocycles. The standard InChI is InChI=1S/C33H33NO3/c1-33(2,3)29-18-16-26(17-19-29)27-10-7-11-28(21-27)32(37)34-30(31(36)22-35)20-23-12-14-25(15-13-23)24-8-5-4-6-9-24/h4-19,21,30,35H,20,22H2,1-3H3,(H,34,37)/t30-/m0/s1. The third-order valence-corrected chi connectivity index (χ3v) is 6.56. The van der Waals surface area contributed by atoms with E-state index in [9.17, 15) is 14.7 Å². The van der Waals surface area contributed by atoms with Crippen LogP contribution in [0.15, 0.2) is 103 Å². The van der Waals surface area contributed by atoms with Gasteiger partial charge < -0.3 is 10.4 Å². The fraction of sp³-hybridized carbons (Fsp3) is 0.212. The Kier molecular flexibility index (Phi) is 8.00. The molecule has 0 aliphatic carbocycles. The second-order valence-electron chi connectivity index (χ2n) is 10.3. The van der Waals surface area contributed by atoms with Gasteiger partial charge in [0.15, 0.2) is 5.78 Å². The topological polar surface area (TPSA) is 66.4 Å². The normalized spacial score (nSPS) is 12.1. The number of carbonyl (C=O) groups excluding carboxylic acids is 2. The highest BCUT2D eigenvalue weighted by Crippen LogP contribution is 2.27. The molecule has 4 heteroatoms. The van der Waals surface area contributed by atoms with Gasteiger partial charge in [0.1, 0.15) is 6.61 Å².